The molecule has 0 amide bonds. The minimum atomic E-state index is -1.09. The Kier molecular flexibility index (Phi) is 6.27. The summed E-state index contributed by atoms with van der Waals surface area (Å²) in [6, 6.07) is 2.55. The number of carboxylic acid groups (broad SMARTS) is 2. The normalized spacial score (nSPS) is 8.93. The van der Waals surface area contributed by atoms with Gasteiger partial charge in [0.15, 0.2) is 0 Å². The molecule has 4 N–H and O–H groups in total. The van der Waals surface area contributed by atoms with Gasteiger partial charge in [-0.05, 0) is 12.1 Å². The van der Waals surface area contributed by atoms with Gasteiger partial charge in [0, 0.05) is 0 Å². The van der Waals surface area contributed by atoms with E-state index in [1.54, 1.807) is 0 Å². The van der Waals surface area contributed by atoms with E-state index in [0.717, 1.165) is 11.3 Å². The molecular formula is C8H10O6S. The van der Waals surface area contributed by atoms with Crippen LogP contribution in [-0.2, 0) is 0 Å². The van der Waals surface area contributed by atoms with Crippen molar-refractivity contribution in [2.75, 3.05) is 13.2 Å². The van der Waals surface area contributed by atoms with Crippen LogP contribution in [-0.4, -0.2) is 45.6 Å². The van der Waals surface area contributed by atoms with Gasteiger partial charge >= 0.3 is 11.9 Å². The van der Waals surface area contributed by atoms with Gasteiger partial charge in [0.05, 0.1) is 13.2 Å². The van der Waals surface area contributed by atoms with Crippen molar-refractivity contribution in [3.8, 4) is 0 Å². The van der Waals surface area contributed by atoms with Gasteiger partial charge < -0.3 is 20.4 Å². The molecule has 1 heterocycles. The zero-order chi connectivity index (χ0) is 11.8. The number of rotatable bonds is 3. The lowest BCUT2D eigenvalue weighted by Crippen LogP contribution is -1.91. The van der Waals surface area contributed by atoms with Crippen LogP contribution in [0.3, 0.4) is 0 Å². The second-order valence-corrected chi connectivity index (χ2v) is 3.31. The van der Waals surface area contributed by atoms with Crippen LogP contribution in [0, 0.1) is 0 Å². The monoisotopic (exact) mass is 234 g/mol. The Morgan fingerprint density at radius 3 is 1.47 bits per heavy atom. The van der Waals surface area contributed by atoms with Crippen LogP contribution in [0.25, 0.3) is 0 Å². The molecule has 0 aliphatic carbocycles. The number of carboxylic acids is 2. The Balaban J connectivity index is 0.000000423. The maximum Gasteiger partial charge on any atom is 0.345 e. The van der Waals surface area contributed by atoms with Gasteiger partial charge in [-0.2, -0.15) is 0 Å². The van der Waals surface area contributed by atoms with Crippen molar-refractivity contribution in [2.24, 2.45) is 0 Å². The average Bonchev–Trinajstić information content (AvgIpc) is 2.67. The van der Waals surface area contributed by atoms with Gasteiger partial charge in [-0.15, -0.1) is 11.3 Å². The van der Waals surface area contributed by atoms with Crippen molar-refractivity contribution in [3.63, 3.8) is 0 Å². The van der Waals surface area contributed by atoms with Crippen molar-refractivity contribution in [1.82, 2.24) is 0 Å². The minimum absolute atomic E-state index is 0.0439. The molecule has 84 valence electrons. The van der Waals surface area contributed by atoms with Crippen LogP contribution in [0.5, 0.6) is 0 Å². The van der Waals surface area contributed by atoms with Crippen molar-refractivity contribution < 1.29 is 30.0 Å². The van der Waals surface area contributed by atoms with Crippen LogP contribution in [0.4, 0.5) is 0 Å². The molecule has 6 nitrogen and oxygen atoms in total. The van der Waals surface area contributed by atoms with Gasteiger partial charge in [0.2, 0.25) is 0 Å². The summed E-state index contributed by atoms with van der Waals surface area (Å²) in [6.45, 7) is -0.250. The highest BCUT2D eigenvalue weighted by molar-refractivity contribution is 7.15. The van der Waals surface area contributed by atoms with Crippen molar-refractivity contribution in [1.29, 1.82) is 0 Å². The van der Waals surface area contributed by atoms with Gasteiger partial charge in [-0.3, -0.25) is 0 Å². The summed E-state index contributed by atoms with van der Waals surface area (Å²) >= 11 is 0.750. The molecular weight excluding hydrogens is 224 g/mol. The summed E-state index contributed by atoms with van der Waals surface area (Å²) in [6.07, 6.45) is 0. The van der Waals surface area contributed by atoms with E-state index < -0.39 is 11.9 Å². The first kappa shape index (κ1) is 13.6. The van der Waals surface area contributed by atoms with Crippen LogP contribution < -0.4 is 0 Å². The van der Waals surface area contributed by atoms with Crippen LogP contribution in [0.15, 0.2) is 12.1 Å². The van der Waals surface area contributed by atoms with Gasteiger partial charge in [-0.25, -0.2) is 9.59 Å². The number of aromatic carboxylic acids is 2. The summed E-state index contributed by atoms with van der Waals surface area (Å²) in [5.41, 5.74) is 0. The molecule has 0 bridgehead atoms. The highest BCUT2D eigenvalue weighted by Gasteiger charge is 2.10. The zero-order valence-electron chi connectivity index (χ0n) is 7.58. The fourth-order valence-corrected chi connectivity index (χ4v) is 1.25. The Bertz CT molecular complexity index is 301. The number of thiophene rings is 1. The second kappa shape index (κ2) is 6.93. The maximum absolute atomic E-state index is 10.3. The number of aliphatic hydroxyl groups excluding tert-OH is 2. The van der Waals surface area contributed by atoms with E-state index in [1.807, 2.05) is 0 Å². The third kappa shape index (κ3) is 5.11. The largest absolute Gasteiger partial charge is 0.477 e. The molecule has 0 atom stereocenters. The predicted octanol–water partition coefficient (Wildman–Crippen LogP) is 0.116. The first-order valence-electron chi connectivity index (χ1n) is 3.81. The van der Waals surface area contributed by atoms with Crippen molar-refractivity contribution in [3.05, 3.63) is 21.9 Å². The summed E-state index contributed by atoms with van der Waals surface area (Å²) in [7, 11) is 0. The van der Waals surface area contributed by atoms with E-state index in [1.165, 1.54) is 12.1 Å². The highest BCUT2D eigenvalue weighted by Crippen LogP contribution is 2.15. The highest BCUT2D eigenvalue weighted by atomic mass is 32.1. The molecule has 0 aromatic carbocycles. The SMILES string of the molecule is O=C(O)c1ccc(C(=O)O)s1.OCCO. The minimum Gasteiger partial charge on any atom is -0.477 e. The van der Waals surface area contributed by atoms with Crippen LogP contribution in [0.2, 0.25) is 0 Å². The number of hydrogen-bond donors (Lipinski definition) is 4. The van der Waals surface area contributed by atoms with Crippen LogP contribution >= 0.6 is 11.3 Å². The van der Waals surface area contributed by atoms with Crippen molar-refractivity contribution >= 4 is 23.3 Å². The van der Waals surface area contributed by atoms with Gasteiger partial charge in [0.1, 0.15) is 9.75 Å². The Labute approximate surface area is 89.0 Å². The fraction of sp³-hybridized carbons (Fsp3) is 0.250. The quantitative estimate of drug-likeness (QED) is 0.590. The summed E-state index contributed by atoms with van der Waals surface area (Å²) < 4.78 is 0. The van der Waals surface area contributed by atoms with E-state index in [0.29, 0.717) is 0 Å². The van der Waals surface area contributed by atoms with E-state index in [2.05, 4.69) is 0 Å². The number of aliphatic hydroxyl groups is 2. The summed E-state index contributed by atoms with van der Waals surface area (Å²) in [5, 5.41) is 32.0. The molecule has 1 aromatic rings. The molecule has 0 saturated heterocycles. The van der Waals surface area contributed by atoms with E-state index in [4.69, 9.17) is 20.4 Å². The third-order valence-electron chi connectivity index (χ3n) is 1.13. The molecule has 0 fully saturated rings. The smallest absolute Gasteiger partial charge is 0.345 e. The average molecular weight is 234 g/mol. The molecule has 0 aliphatic rings. The van der Waals surface area contributed by atoms with E-state index in [-0.39, 0.29) is 23.0 Å². The predicted molar refractivity (Wildman–Crippen MR) is 52.4 cm³/mol. The maximum atomic E-state index is 10.3. The fourth-order valence-electron chi connectivity index (χ4n) is 0.568. The number of hydrogen-bond acceptors (Lipinski definition) is 5. The standard InChI is InChI=1S/C6H4O4S.C2H6O2/c7-5(8)3-1-2-4(11-3)6(9)10;3-1-2-4/h1-2H,(H,7,8)(H,9,10);3-4H,1-2H2. The summed E-state index contributed by atoms with van der Waals surface area (Å²) in [4.78, 5) is 20.6. The molecule has 1 rings (SSSR count). The van der Waals surface area contributed by atoms with E-state index in [9.17, 15) is 9.59 Å². The first-order valence-corrected chi connectivity index (χ1v) is 4.62. The first-order chi connectivity index (χ1) is 7.02. The number of carbonyl (C=O) groups is 2. The molecule has 0 spiro atoms. The summed E-state index contributed by atoms with van der Waals surface area (Å²) in [5.74, 6) is -2.19. The second-order valence-electron chi connectivity index (χ2n) is 2.22. The molecule has 0 aliphatic heterocycles. The molecule has 0 radical (unpaired) electrons. The Hall–Kier alpha value is -1.44. The Morgan fingerprint density at radius 2 is 1.33 bits per heavy atom. The van der Waals surface area contributed by atoms with Crippen molar-refractivity contribution in [2.45, 2.75) is 0 Å². The van der Waals surface area contributed by atoms with Gasteiger partial charge in [0.25, 0.3) is 0 Å². The zero-order valence-corrected chi connectivity index (χ0v) is 8.40. The Morgan fingerprint density at radius 1 is 1.00 bits per heavy atom. The van der Waals surface area contributed by atoms with E-state index >= 15 is 0 Å². The topological polar surface area (TPSA) is 115 Å². The lowest BCUT2D eigenvalue weighted by Gasteiger charge is -1.82. The van der Waals surface area contributed by atoms with Crippen LogP contribution in [0.1, 0.15) is 19.3 Å². The molecule has 7 heteroatoms. The molecule has 15 heavy (non-hydrogen) atoms. The molecule has 0 saturated carbocycles. The lowest BCUT2D eigenvalue weighted by molar-refractivity contribution is 0.0693. The third-order valence-corrected chi connectivity index (χ3v) is 2.19. The van der Waals surface area contributed by atoms with Gasteiger partial charge in [-0.1, -0.05) is 0 Å². The molecule has 1 aromatic heterocycles. The lowest BCUT2D eigenvalue weighted by atomic mass is 10.4. The molecule has 0 unspecified atom stereocenters.